The topological polar surface area (TPSA) is 52.6 Å². The molecule has 4 heteroatoms. The number of likely N-dealkylation sites (N-methyl/N-ethyl adjacent to an activating group) is 1. The van der Waals surface area contributed by atoms with E-state index in [-0.39, 0.29) is 11.8 Å². The number of hydrogen-bond acceptors (Lipinski definition) is 3. The van der Waals surface area contributed by atoms with Crippen LogP contribution in [0, 0.1) is 5.92 Å². The van der Waals surface area contributed by atoms with Crippen molar-refractivity contribution in [3.8, 4) is 0 Å². The maximum atomic E-state index is 11.6. The normalized spacial score (nSPS) is 19.9. The van der Waals surface area contributed by atoms with Crippen molar-refractivity contribution >= 4 is 5.91 Å². The Hall–Kier alpha value is -0.610. The first kappa shape index (κ1) is 13.5. The summed E-state index contributed by atoms with van der Waals surface area (Å²) in [5, 5.41) is 12.8. The first-order valence-electron chi connectivity index (χ1n) is 6.02. The highest BCUT2D eigenvalue weighted by molar-refractivity contribution is 5.78. The molecule has 1 saturated carbocycles. The number of rotatable bonds is 6. The van der Waals surface area contributed by atoms with E-state index in [9.17, 15) is 9.90 Å². The minimum atomic E-state index is -0.826. The second kappa shape index (κ2) is 5.15. The highest BCUT2D eigenvalue weighted by atomic mass is 16.3. The second-order valence-electron chi connectivity index (χ2n) is 5.43. The van der Waals surface area contributed by atoms with Gasteiger partial charge in [0.25, 0.3) is 0 Å². The summed E-state index contributed by atoms with van der Waals surface area (Å²) in [6.07, 6.45) is 2.40. The summed E-state index contributed by atoms with van der Waals surface area (Å²) < 4.78 is 0. The average molecular weight is 228 g/mol. The van der Waals surface area contributed by atoms with Crippen molar-refractivity contribution in [3.05, 3.63) is 0 Å². The summed E-state index contributed by atoms with van der Waals surface area (Å²) in [6.45, 7) is 6.40. The highest BCUT2D eigenvalue weighted by Crippen LogP contribution is 2.24. The van der Waals surface area contributed by atoms with Crippen LogP contribution in [0.3, 0.4) is 0 Å². The van der Waals surface area contributed by atoms with Gasteiger partial charge in [-0.15, -0.1) is 0 Å². The molecule has 0 aliphatic heterocycles. The molecule has 1 atom stereocenters. The molecule has 1 amide bonds. The van der Waals surface area contributed by atoms with Crippen LogP contribution in [0.1, 0.15) is 33.6 Å². The van der Waals surface area contributed by atoms with E-state index < -0.39 is 5.60 Å². The summed E-state index contributed by atoms with van der Waals surface area (Å²) in [5.74, 6) is 0.129. The van der Waals surface area contributed by atoms with Crippen LogP contribution in [0.2, 0.25) is 0 Å². The lowest BCUT2D eigenvalue weighted by molar-refractivity contribution is -0.123. The molecule has 0 radical (unpaired) electrons. The number of carbonyl (C=O) groups excluding carboxylic acids is 1. The molecule has 0 aromatic heterocycles. The zero-order valence-corrected chi connectivity index (χ0v) is 10.8. The van der Waals surface area contributed by atoms with E-state index in [2.05, 4.69) is 10.2 Å². The first-order chi connectivity index (χ1) is 7.33. The van der Waals surface area contributed by atoms with E-state index in [4.69, 9.17) is 0 Å². The lowest BCUT2D eigenvalue weighted by Crippen LogP contribution is -2.46. The molecule has 1 fully saturated rings. The fourth-order valence-corrected chi connectivity index (χ4v) is 1.41. The predicted octanol–water partition coefficient (Wildman–Crippen LogP) is 0.604. The van der Waals surface area contributed by atoms with Crippen molar-refractivity contribution in [2.24, 2.45) is 5.92 Å². The van der Waals surface area contributed by atoms with Crippen molar-refractivity contribution in [3.63, 3.8) is 0 Å². The molecule has 4 nitrogen and oxygen atoms in total. The summed E-state index contributed by atoms with van der Waals surface area (Å²) in [5.41, 5.74) is -0.826. The van der Waals surface area contributed by atoms with Gasteiger partial charge in [-0.25, -0.2) is 0 Å². The third-order valence-corrected chi connectivity index (χ3v) is 3.45. The van der Waals surface area contributed by atoms with Crippen molar-refractivity contribution in [1.29, 1.82) is 0 Å². The fourth-order valence-electron chi connectivity index (χ4n) is 1.41. The Morgan fingerprint density at radius 3 is 2.56 bits per heavy atom. The monoisotopic (exact) mass is 228 g/mol. The van der Waals surface area contributed by atoms with Gasteiger partial charge in [0.15, 0.2) is 0 Å². The van der Waals surface area contributed by atoms with Crippen LogP contribution in [0.15, 0.2) is 0 Å². The van der Waals surface area contributed by atoms with E-state index in [0.717, 1.165) is 0 Å². The Balaban J connectivity index is 2.23. The molecular weight excluding hydrogens is 204 g/mol. The molecule has 0 saturated heterocycles. The fraction of sp³-hybridized carbons (Fsp3) is 0.917. The van der Waals surface area contributed by atoms with E-state index in [1.165, 1.54) is 12.8 Å². The number of amides is 1. The molecule has 1 aliphatic carbocycles. The van der Waals surface area contributed by atoms with Crippen molar-refractivity contribution in [2.75, 3.05) is 20.1 Å². The third-order valence-electron chi connectivity index (χ3n) is 3.45. The number of hydrogen-bond donors (Lipinski definition) is 2. The van der Waals surface area contributed by atoms with E-state index >= 15 is 0 Å². The third kappa shape index (κ3) is 4.10. The number of aliphatic hydroxyl groups is 1. The van der Waals surface area contributed by atoms with Gasteiger partial charge in [0.1, 0.15) is 0 Å². The Morgan fingerprint density at radius 1 is 1.56 bits per heavy atom. The van der Waals surface area contributed by atoms with Gasteiger partial charge in [-0.3, -0.25) is 9.69 Å². The smallest absolute Gasteiger partial charge is 0.234 e. The van der Waals surface area contributed by atoms with Gasteiger partial charge in [-0.2, -0.15) is 0 Å². The minimum Gasteiger partial charge on any atom is -0.388 e. The number of nitrogens with one attached hydrogen (secondary N) is 1. The summed E-state index contributed by atoms with van der Waals surface area (Å²) in [6, 6.07) is 0.594. The zero-order valence-electron chi connectivity index (χ0n) is 10.8. The average Bonchev–Trinajstić information content (AvgIpc) is 2.97. The molecule has 0 spiro atoms. The van der Waals surface area contributed by atoms with Crippen LogP contribution in [-0.2, 0) is 4.79 Å². The molecule has 0 aromatic carbocycles. The Kier molecular flexibility index (Phi) is 4.33. The van der Waals surface area contributed by atoms with E-state index in [1.807, 2.05) is 20.9 Å². The van der Waals surface area contributed by atoms with Gasteiger partial charge in [0.2, 0.25) is 5.91 Å². The molecule has 1 aliphatic rings. The van der Waals surface area contributed by atoms with Gasteiger partial charge >= 0.3 is 0 Å². The highest BCUT2D eigenvalue weighted by Gasteiger charge is 2.28. The van der Waals surface area contributed by atoms with E-state index in [0.29, 0.717) is 19.1 Å². The Labute approximate surface area is 98.0 Å². The standard InChI is InChI=1S/C12H24N2O2/c1-9(2)12(3,16)8-13-11(15)7-14(4)10-5-6-10/h9-10,16H,5-8H2,1-4H3,(H,13,15). The summed E-state index contributed by atoms with van der Waals surface area (Å²) in [7, 11) is 1.97. The maximum absolute atomic E-state index is 11.6. The molecular formula is C12H24N2O2. The van der Waals surface area contributed by atoms with Gasteiger partial charge in [-0.1, -0.05) is 13.8 Å². The second-order valence-corrected chi connectivity index (χ2v) is 5.43. The first-order valence-corrected chi connectivity index (χ1v) is 6.02. The van der Waals surface area contributed by atoms with E-state index in [1.54, 1.807) is 6.92 Å². The summed E-state index contributed by atoms with van der Waals surface area (Å²) in [4.78, 5) is 13.7. The van der Waals surface area contributed by atoms with Crippen molar-refractivity contribution < 1.29 is 9.90 Å². The van der Waals surface area contributed by atoms with Gasteiger partial charge in [-0.05, 0) is 32.7 Å². The summed E-state index contributed by atoms with van der Waals surface area (Å²) >= 11 is 0. The lowest BCUT2D eigenvalue weighted by atomic mass is 9.92. The molecule has 1 unspecified atom stereocenters. The number of carbonyl (C=O) groups is 1. The minimum absolute atomic E-state index is 0.00433. The van der Waals surface area contributed by atoms with Crippen LogP contribution in [0.5, 0.6) is 0 Å². The van der Waals surface area contributed by atoms with Crippen LogP contribution < -0.4 is 5.32 Å². The molecule has 16 heavy (non-hydrogen) atoms. The molecule has 94 valence electrons. The molecule has 2 N–H and O–H groups in total. The van der Waals surface area contributed by atoms with Crippen molar-refractivity contribution in [1.82, 2.24) is 10.2 Å². The van der Waals surface area contributed by atoms with Crippen molar-refractivity contribution in [2.45, 2.75) is 45.3 Å². The molecule has 1 rings (SSSR count). The predicted molar refractivity (Wildman–Crippen MR) is 64.1 cm³/mol. The Bertz CT molecular complexity index is 247. The Morgan fingerprint density at radius 2 is 2.12 bits per heavy atom. The van der Waals surface area contributed by atoms with Gasteiger partial charge in [0, 0.05) is 12.6 Å². The van der Waals surface area contributed by atoms with Crippen LogP contribution in [-0.4, -0.2) is 47.7 Å². The maximum Gasteiger partial charge on any atom is 0.234 e. The van der Waals surface area contributed by atoms with Crippen LogP contribution >= 0.6 is 0 Å². The SMILES string of the molecule is CC(C)C(C)(O)CNC(=O)CN(C)C1CC1. The lowest BCUT2D eigenvalue weighted by Gasteiger charge is -2.28. The van der Waals surface area contributed by atoms with Crippen LogP contribution in [0.4, 0.5) is 0 Å². The number of nitrogens with zero attached hydrogens (tertiary/aromatic N) is 1. The quantitative estimate of drug-likeness (QED) is 0.700. The van der Waals surface area contributed by atoms with Crippen LogP contribution in [0.25, 0.3) is 0 Å². The largest absolute Gasteiger partial charge is 0.388 e. The van der Waals surface area contributed by atoms with Gasteiger partial charge < -0.3 is 10.4 Å². The molecule has 0 heterocycles. The van der Waals surface area contributed by atoms with Gasteiger partial charge in [0.05, 0.1) is 12.1 Å². The molecule has 0 bridgehead atoms. The molecule has 0 aromatic rings. The zero-order chi connectivity index (χ0) is 12.3.